The Balaban J connectivity index is 1.36. The quantitative estimate of drug-likeness (QED) is 0.350. The Hall–Kier alpha value is -3.16. The van der Waals surface area contributed by atoms with Crippen molar-refractivity contribution in [3.05, 3.63) is 77.1 Å². The summed E-state index contributed by atoms with van der Waals surface area (Å²) < 4.78 is 7.40. The van der Waals surface area contributed by atoms with E-state index in [0.29, 0.717) is 22.6 Å². The average Bonchev–Trinajstić information content (AvgIpc) is 3.33. The number of ether oxygens (including phenoxy) is 1. The van der Waals surface area contributed by atoms with Gasteiger partial charge < -0.3 is 10.1 Å². The molecule has 5 rings (SSSR count). The highest BCUT2D eigenvalue weighted by Crippen LogP contribution is 2.22. The third kappa shape index (κ3) is 4.40. The molecule has 1 atom stereocenters. The largest absolute Gasteiger partial charge is 0.376 e. The Morgan fingerprint density at radius 3 is 2.75 bits per heavy atom. The van der Waals surface area contributed by atoms with E-state index in [2.05, 4.69) is 10.3 Å². The third-order valence-corrected chi connectivity index (χ3v) is 6.58. The van der Waals surface area contributed by atoms with Gasteiger partial charge in [0, 0.05) is 12.3 Å². The maximum atomic E-state index is 13.2. The molecule has 1 aliphatic heterocycles. The molecule has 0 saturated carbocycles. The first-order chi connectivity index (χ1) is 15.7. The molecule has 162 valence electrons. The van der Waals surface area contributed by atoms with Crippen LogP contribution in [-0.2, 0) is 16.1 Å². The Morgan fingerprint density at radius 2 is 1.91 bits per heavy atom. The Morgan fingerprint density at radius 1 is 1.09 bits per heavy atom. The van der Waals surface area contributed by atoms with Crippen molar-refractivity contribution >= 4 is 45.0 Å². The zero-order valence-electron chi connectivity index (χ0n) is 17.5. The summed E-state index contributed by atoms with van der Waals surface area (Å²) in [6, 6.07) is 21.2. The number of benzene rings is 3. The van der Waals surface area contributed by atoms with E-state index in [9.17, 15) is 9.59 Å². The molecule has 0 bridgehead atoms. The van der Waals surface area contributed by atoms with E-state index in [-0.39, 0.29) is 23.3 Å². The summed E-state index contributed by atoms with van der Waals surface area (Å²) in [7, 11) is 0. The molecular formula is C25H23N3O3S. The van der Waals surface area contributed by atoms with Gasteiger partial charge in [-0.3, -0.25) is 14.2 Å². The topological polar surface area (TPSA) is 73.2 Å². The second-order valence-electron chi connectivity index (χ2n) is 7.86. The van der Waals surface area contributed by atoms with Crippen LogP contribution in [0.15, 0.2) is 76.7 Å². The lowest BCUT2D eigenvalue weighted by Gasteiger charge is -2.16. The number of hydrogen-bond acceptors (Lipinski definition) is 5. The minimum absolute atomic E-state index is 0.00133. The molecule has 6 nitrogen and oxygen atoms in total. The number of aromatic nitrogens is 2. The highest BCUT2D eigenvalue weighted by molar-refractivity contribution is 7.99. The molecule has 1 fully saturated rings. The number of fused-ring (bicyclic) bond motifs is 2. The minimum atomic E-state index is -0.142. The molecule has 0 radical (unpaired) electrons. The SMILES string of the molecule is O=C(CSc1nc2ccccc2c(=O)n1CC1CCCO1)Nc1ccc2ccccc2c1. The molecule has 1 aromatic heterocycles. The van der Waals surface area contributed by atoms with Crippen molar-refractivity contribution in [3.8, 4) is 0 Å². The fraction of sp³-hybridized carbons (Fsp3) is 0.240. The predicted molar refractivity (Wildman–Crippen MR) is 128 cm³/mol. The second kappa shape index (κ2) is 9.14. The summed E-state index contributed by atoms with van der Waals surface area (Å²) in [6.07, 6.45) is 1.92. The average molecular weight is 446 g/mol. The van der Waals surface area contributed by atoms with Crippen molar-refractivity contribution in [3.63, 3.8) is 0 Å². The van der Waals surface area contributed by atoms with Gasteiger partial charge in [0.25, 0.3) is 5.56 Å². The van der Waals surface area contributed by atoms with E-state index in [4.69, 9.17) is 4.74 Å². The Bertz CT molecular complexity index is 1350. The van der Waals surface area contributed by atoms with Gasteiger partial charge in [-0.25, -0.2) is 4.98 Å². The number of carbonyl (C=O) groups is 1. The first kappa shape index (κ1) is 20.7. The second-order valence-corrected chi connectivity index (χ2v) is 8.80. The molecule has 0 aliphatic carbocycles. The number of nitrogens with one attached hydrogen (secondary N) is 1. The molecule has 1 saturated heterocycles. The van der Waals surface area contributed by atoms with Crippen LogP contribution in [0, 0.1) is 0 Å². The van der Waals surface area contributed by atoms with Gasteiger partial charge in [-0.2, -0.15) is 0 Å². The van der Waals surface area contributed by atoms with Crippen LogP contribution in [0.25, 0.3) is 21.7 Å². The number of rotatable bonds is 6. The highest BCUT2D eigenvalue weighted by atomic mass is 32.2. The van der Waals surface area contributed by atoms with Gasteiger partial charge in [-0.15, -0.1) is 0 Å². The maximum Gasteiger partial charge on any atom is 0.262 e. The van der Waals surface area contributed by atoms with E-state index < -0.39 is 0 Å². The van der Waals surface area contributed by atoms with E-state index in [1.54, 1.807) is 10.6 Å². The fourth-order valence-corrected chi connectivity index (χ4v) is 4.81. The third-order valence-electron chi connectivity index (χ3n) is 5.60. The van der Waals surface area contributed by atoms with E-state index in [0.717, 1.165) is 35.9 Å². The minimum Gasteiger partial charge on any atom is -0.376 e. The van der Waals surface area contributed by atoms with Crippen molar-refractivity contribution in [2.75, 3.05) is 17.7 Å². The molecule has 7 heteroatoms. The van der Waals surface area contributed by atoms with E-state index in [1.165, 1.54) is 11.8 Å². The van der Waals surface area contributed by atoms with Crippen LogP contribution >= 0.6 is 11.8 Å². The van der Waals surface area contributed by atoms with E-state index >= 15 is 0 Å². The van der Waals surface area contributed by atoms with Crippen LogP contribution in [0.1, 0.15) is 12.8 Å². The summed E-state index contributed by atoms with van der Waals surface area (Å²) in [5, 5.41) is 6.26. The molecule has 1 unspecified atom stereocenters. The summed E-state index contributed by atoms with van der Waals surface area (Å²) >= 11 is 1.27. The molecule has 0 spiro atoms. The summed E-state index contributed by atoms with van der Waals surface area (Å²) in [5.41, 5.74) is 1.29. The molecule has 3 aromatic carbocycles. The van der Waals surface area contributed by atoms with E-state index in [1.807, 2.05) is 60.7 Å². The molecule has 32 heavy (non-hydrogen) atoms. The van der Waals surface area contributed by atoms with Crippen molar-refractivity contribution < 1.29 is 9.53 Å². The number of amides is 1. The van der Waals surface area contributed by atoms with Crippen LogP contribution in [0.5, 0.6) is 0 Å². The fourth-order valence-electron chi connectivity index (χ4n) is 4.01. The molecular weight excluding hydrogens is 422 g/mol. The summed E-state index contributed by atoms with van der Waals surface area (Å²) in [5.74, 6) is 0.0136. The lowest BCUT2D eigenvalue weighted by atomic mass is 10.1. The standard InChI is InChI=1S/C25H23N3O3S/c29-23(26-19-12-11-17-6-1-2-7-18(17)14-19)16-32-25-27-22-10-4-3-9-21(22)24(30)28(25)15-20-8-5-13-31-20/h1-4,6-7,9-12,14,20H,5,8,13,15-16H2,(H,26,29). The van der Waals surface area contributed by atoms with Crippen molar-refractivity contribution in [1.29, 1.82) is 0 Å². The number of hydrogen-bond donors (Lipinski definition) is 1. The van der Waals surface area contributed by atoms with Gasteiger partial charge in [0.05, 0.1) is 29.3 Å². The maximum absolute atomic E-state index is 13.2. The van der Waals surface area contributed by atoms with Crippen molar-refractivity contribution in [2.45, 2.75) is 30.6 Å². The van der Waals surface area contributed by atoms with Crippen molar-refractivity contribution in [1.82, 2.24) is 9.55 Å². The zero-order chi connectivity index (χ0) is 21.9. The van der Waals surface area contributed by atoms with Gasteiger partial charge in [0.2, 0.25) is 5.91 Å². The first-order valence-corrected chi connectivity index (χ1v) is 11.7. The van der Waals surface area contributed by atoms with Crippen LogP contribution in [-0.4, -0.2) is 33.9 Å². The number of thioether (sulfide) groups is 1. The number of carbonyl (C=O) groups excluding carboxylic acids is 1. The van der Waals surface area contributed by atoms with Gasteiger partial charge in [0.15, 0.2) is 5.16 Å². The van der Waals surface area contributed by atoms with Gasteiger partial charge in [-0.1, -0.05) is 54.2 Å². The Kier molecular flexibility index (Phi) is 5.92. The molecule has 1 N–H and O–H groups in total. The van der Waals surface area contributed by atoms with Crippen LogP contribution in [0.3, 0.4) is 0 Å². The summed E-state index contributed by atoms with van der Waals surface area (Å²) in [4.78, 5) is 30.5. The Labute approximate surface area is 189 Å². The number of para-hydroxylation sites is 1. The predicted octanol–water partition coefficient (Wildman–Crippen LogP) is 4.46. The normalized spacial score (nSPS) is 15.9. The lowest BCUT2D eigenvalue weighted by Crippen LogP contribution is -2.29. The van der Waals surface area contributed by atoms with Gasteiger partial charge in [-0.05, 0) is 47.9 Å². The molecule has 1 amide bonds. The van der Waals surface area contributed by atoms with Crippen molar-refractivity contribution in [2.24, 2.45) is 0 Å². The first-order valence-electron chi connectivity index (χ1n) is 10.7. The zero-order valence-corrected chi connectivity index (χ0v) is 18.3. The van der Waals surface area contributed by atoms with Crippen LogP contribution in [0.4, 0.5) is 5.69 Å². The lowest BCUT2D eigenvalue weighted by molar-refractivity contribution is -0.113. The van der Waals surface area contributed by atoms with Crippen LogP contribution in [0.2, 0.25) is 0 Å². The molecule has 4 aromatic rings. The summed E-state index contributed by atoms with van der Waals surface area (Å²) in [6.45, 7) is 1.17. The highest BCUT2D eigenvalue weighted by Gasteiger charge is 2.20. The molecule has 1 aliphatic rings. The van der Waals surface area contributed by atoms with Gasteiger partial charge >= 0.3 is 0 Å². The molecule has 2 heterocycles. The van der Waals surface area contributed by atoms with Crippen LogP contribution < -0.4 is 10.9 Å². The number of nitrogens with zero attached hydrogens (tertiary/aromatic N) is 2. The number of anilines is 1. The smallest absolute Gasteiger partial charge is 0.262 e. The monoisotopic (exact) mass is 445 g/mol. The van der Waals surface area contributed by atoms with Gasteiger partial charge in [0.1, 0.15) is 0 Å².